The van der Waals surface area contributed by atoms with Crippen molar-refractivity contribution in [2.75, 3.05) is 10.7 Å². The van der Waals surface area contributed by atoms with Crippen LogP contribution in [-0.4, -0.2) is 9.97 Å². The standard InChI is InChI=1S/C10H9BrClN5/c11-7-3-6(12)1-2-8(7)16-9-4-10(17-13)15-5-14-9/h1-5H,13H2,(H2,14,15,16,17). The van der Waals surface area contributed by atoms with Crippen LogP contribution in [0.3, 0.4) is 0 Å². The lowest BCUT2D eigenvalue weighted by molar-refractivity contribution is 1.14. The van der Waals surface area contributed by atoms with Gasteiger partial charge in [-0.2, -0.15) is 0 Å². The molecule has 2 rings (SSSR count). The molecule has 1 aromatic heterocycles. The smallest absolute Gasteiger partial charge is 0.145 e. The lowest BCUT2D eigenvalue weighted by Gasteiger charge is -2.08. The Morgan fingerprint density at radius 3 is 2.65 bits per heavy atom. The molecule has 0 unspecified atom stereocenters. The van der Waals surface area contributed by atoms with E-state index in [1.54, 1.807) is 18.2 Å². The molecule has 0 spiro atoms. The van der Waals surface area contributed by atoms with Gasteiger partial charge in [-0.25, -0.2) is 15.8 Å². The SMILES string of the molecule is NNc1cc(Nc2ccc(Cl)cc2Br)ncn1. The summed E-state index contributed by atoms with van der Waals surface area (Å²) in [5, 5.41) is 3.78. The molecule has 0 aliphatic rings. The molecule has 2 aromatic rings. The molecule has 4 N–H and O–H groups in total. The van der Waals surface area contributed by atoms with E-state index in [-0.39, 0.29) is 0 Å². The third kappa shape index (κ3) is 3.06. The highest BCUT2D eigenvalue weighted by Gasteiger charge is 2.03. The second kappa shape index (κ2) is 5.31. The highest BCUT2D eigenvalue weighted by molar-refractivity contribution is 9.10. The largest absolute Gasteiger partial charge is 0.339 e. The summed E-state index contributed by atoms with van der Waals surface area (Å²) in [6, 6.07) is 7.14. The number of aromatic nitrogens is 2. The van der Waals surface area contributed by atoms with Crippen LogP contribution < -0.4 is 16.6 Å². The molecular weight excluding hydrogens is 306 g/mol. The van der Waals surface area contributed by atoms with Gasteiger partial charge in [0.05, 0.1) is 5.69 Å². The molecule has 0 bridgehead atoms. The van der Waals surface area contributed by atoms with Crippen LogP contribution in [0.1, 0.15) is 0 Å². The zero-order valence-corrected chi connectivity index (χ0v) is 11.0. The first-order valence-electron chi connectivity index (χ1n) is 4.70. The molecule has 0 amide bonds. The Bertz CT molecular complexity index is 534. The lowest BCUT2D eigenvalue weighted by atomic mass is 10.3. The summed E-state index contributed by atoms with van der Waals surface area (Å²) in [5.74, 6) is 6.44. The van der Waals surface area contributed by atoms with Gasteiger partial charge in [-0.15, -0.1) is 0 Å². The maximum atomic E-state index is 5.86. The topological polar surface area (TPSA) is 75.9 Å². The van der Waals surface area contributed by atoms with Crippen molar-refractivity contribution in [3.8, 4) is 0 Å². The van der Waals surface area contributed by atoms with Crippen LogP contribution in [0.5, 0.6) is 0 Å². The Hall–Kier alpha value is -1.37. The Morgan fingerprint density at radius 2 is 1.94 bits per heavy atom. The predicted octanol–water partition coefficient (Wildman–Crippen LogP) is 2.92. The van der Waals surface area contributed by atoms with Gasteiger partial charge in [0.2, 0.25) is 0 Å². The Labute approximate surface area is 112 Å². The summed E-state index contributed by atoms with van der Waals surface area (Å²) in [5.41, 5.74) is 3.31. The average molecular weight is 315 g/mol. The van der Waals surface area contributed by atoms with Gasteiger partial charge in [0.15, 0.2) is 0 Å². The average Bonchev–Trinajstić information content (AvgIpc) is 2.33. The van der Waals surface area contributed by atoms with Crippen molar-refractivity contribution in [1.29, 1.82) is 0 Å². The first-order valence-corrected chi connectivity index (χ1v) is 5.87. The Morgan fingerprint density at radius 1 is 1.18 bits per heavy atom. The fraction of sp³-hybridized carbons (Fsp3) is 0. The molecule has 0 radical (unpaired) electrons. The van der Waals surface area contributed by atoms with Crippen molar-refractivity contribution in [2.45, 2.75) is 0 Å². The van der Waals surface area contributed by atoms with Crippen molar-refractivity contribution in [2.24, 2.45) is 5.84 Å². The Balaban J connectivity index is 2.25. The van der Waals surface area contributed by atoms with E-state index >= 15 is 0 Å². The van der Waals surface area contributed by atoms with Gasteiger partial charge >= 0.3 is 0 Å². The highest BCUT2D eigenvalue weighted by Crippen LogP contribution is 2.28. The minimum absolute atomic E-state index is 0.535. The van der Waals surface area contributed by atoms with Crippen LogP contribution >= 0.6 is 27.5 Å². The van der Waals surface area contributed by atoms with Crippen molar-refractivity contribution in [3.63, 3.8) is 0 Å². The normalized spacial score (nSPS) is 10.1. The van der Waals surface area contributed by atoms with Crippen molar-refractivity contribution >= 4 is 44.9 Å². The Kier molecular flexibility index (Phi) is 3.78. The summed E-state index contributed by atoms with van der Waals surface area (Å²) in [6.45, 7) is 0. The van der Waals surface area contributed by atoms with Gasteiger partial charge < -0.3 is 10.7 Å². The number of rotatable bonds is 3. The molecule has 7 heteroatoms. The van der Waals surface area contributed by atoms with Crippen LogP contribution in [0.25, 0.3) is 0 Å². The third-order valence-electron chi connectivity index (χ3n) is 2.01. The predicted molar refractivity (Wildman–Crippen MR) is 72.3 cm³/mol. The molecule has 5 nitrogen and oxygen atoms in total. The summed E-state index contributed by atoms with van der Waals surface area (Å²) in [7, 11) is 0. The molecule has 88 valence electrons. The first kappa shape index (κ1) is 12.1. The number of anilines is 3. The van der Waals surface area contributed by atoms with Gasteiger partial charge in [0, 0.05) is 15.6 Å². The number of benzene rings is 1. The molecule has 1 aromatic carbocycles. The number of hydrogen-bond acceptors (Lipinski definition) is 5. The van der Waals surface area contributed by atoms with Crippen molar-refractivity contribution in [3.05, 3.63) is 40.1 Å². The highest BCUT2D eigenvalue weighted by atomic mass is 79.9. The van der Waals surface area contributed by atoms with Crippen LogP contribution in [0, 0.1) is 0 Å². The maximum absolute atomic E-state index is 5.86. The van der Waals surface area contributed by atoms with E-state index in [1.165, 1.54) is 6.33 Å². The minimum atomic E-state index is 0.535. The van der Waals surface area contributed by atoms with Crippen LogP contribution in [0.15, 0.2) is 35.1 Å². The van der Waals surface area contributed by atoms with E-state index in [0.29, 0.717) is 16.7 Å². The zero-order valence-electron chi connectivity index (χ0n) is 8.61. The molecule has 0 aliphatic heterocycles. The van der Waals surface area contributed by atoms with E-state index in [0.717, 1.165) is 10.2 Å². The fourth-order valence-corrected chi connectivity index (χ4v) is 2.02. The second-order valence-electron chi connectivity index (χ2n) is 3.18. The van der Waals surface area contributed by atoms with Gasteiger partial charge in [-0.05, 0) is 34.1 Å². The van der Waals surface area contributed by atoms with Gasteiger partial charge in [0.1, 0.15) is 18.0 Å². The van der Waals surface area contributed by atoms with Gasteiger partial charge in [0.25, 0.3) is 0 Å². The van der Waals surface area contributed by atoms with Crippen molar-refractivity contribution < 1.29 is 0 Å². The summed E-state index contributed by atoms with van der Waals surface area (Å²) < 4.78 is 0.853. The van der Waals surface area contributed by atoms with E-state index in [1.807, 2.05) is 6.07 Å². The lowest BCUT2D eigenvalue weighted by Crippen LogP contribution is -2.09. The van der Waals surface area contributed by atoms with Gasteiger partial charge in [-0.1, -0.05) is 11.6 Å². The monoisotopic (exact) mass is 313 g/mol. The molecule has 0 saturated carbocycles. The van der Waals surface area contributed by atoms with Crippen LogP contribution in [-0.2, 0) is 0 Å². The van der Waals surface area contributed by atoms with E-state index in [2.05, 4.69) is 36.6 Å². The summed E-state index contributed by atoms with van der Waals surface area (Å²) in [6.07, 6.45) is 1.42. The van der Waals surface area contributed by atoms with Crippen LogP contribution in [0.2, 0.25) is 5.02 Å². The molecular formula is C10H9BrClN5. The number of hydrazine groups is 1. The molecule has 1 heterocycles. The van der Waals surface area contributed by atoms with Gasteiger partial charge in [-0.3, -0.25) is 0 Å². The van der Waals surface area contributed by atoms with E-state index in [4.69, 9.17) is 17.4 Å². The molecule has 0 aliphatic carbocycles. The number of nitrogen functional groups attached to an aromatic ring is 1. The van der Waals surface area contributed by atoms with E-state index < -0.39 is 0 Å². The fourth-order valence-electron chi connectivity index (χ4n) is 1.23. The summed E-state index contributed by atoms with van der Waals surface area (Å²) >= 11 is 9.27. The quantitative estimate of drug-likeness (QED) is 0.600. The maximum Gasteiger partial charge on any atom is 0.145 e. The first-order chi connectivity index (χ1) is 8.19. The van der Waals surface area contributed by atoms with Crippen LogP contribution in [0.4, 0.5) is 17.3 Å². The zero-order chi connectivity index (χ0) is 12.3. The number of nitrogens with one attached hydrogen (secondary N) is 2. The molecule has 0 atom stereocenters. The number of halogens is 2. The number of nitrogens with two attached hydrogens (primary N) is 1. The molecule has 17 heavy (non-hydrogen) atoms. The molecule has 0 fully saturated rings. The number of nitrogens with zero attached hydrogens (tertiary/aromatic N) is 2. The minimum Gasteiger partial charge on any atom is -0.339 e. The second-order valence-corrected chi connectivity index (χ2v) is 4.47. The molecule has 0 saturated heterocycles. The third-order valence-corrected chi connectivity index (χ3v) is 2.90. The van der Waals surface area contributed by atoms with E-state index in [9.17, 15) is 0 Å². The summed E-state index contributed by atoms with van der Waals surface area (Å²) in [4.78, 5) is 7.99. The number of hydrogen-bond donors (Lipinski definition) is 3. The van der Waals surface area contributed by atoms with Crippen molar-refractivity contribution in [1.82, 2.24) is 9.97 Å².